The number of aromatic amines is 1. The summed E-state index contributed by atoms with van der Waals surface area (Å²) in [6, 6.07) is 16.6. The monoisotopic (exact) mass is 489 g/mol. The first kappa shape index (κ1) is 23.3. The lowest BCUT2D eigenvalue weighted by Gasteiger charge is -2.34. The van der Waals surface area contributed by atoms with E-state index in [0.29, 0.717) is 12.5 Å². The molecular formula is C26H31N7OS. The van der Waals surface area contributed by atoms with Crippen LogP contribution in [0, 0.1) is 0 Å². The Labute approximate surface area is 210 Å². The van der Waals surface area contributed by atoms with Crippen molar-refractivity contribution in [1.82, 2.24) is 19.9 Å². The molecule has 1 saturated heterocycles. The van der Waals surface area contributed by atoms with Crippen molar-refractivity contribution in [3.8, 4) is 5.75 Å². The van der Waals surface area contributed by atoms with E-state index in [1.165, 1.54) is 10.5 Å². The fourth-order valence-corrected chi connectivity index (χ4v) is 4.94. The molecule has 2 aromatic heterocycles. The van der Waals surface area contributed by atoms with E-state index in [0.717, 1.165) is 60.2 Å². The molecule has 0 saturated carbocycles. The van der Waals surface area contributed by atoms with Crippen molar-refractivity contribution in [1.29, 1.82) is 0 Å². The third kappa shape index (κ3) is 5.16. The number of rotatable bonds is 8. The van der Waals surface area contributed by atoms with E-state index in [2.05, 4.69) is 75.1 Å². The third-order valence-corrected chi connectivity index (χ3v) is 7.18. The summed E-state index contributed by atoms with van der Waals surface area (Å²) in [5, 5.41) is 6.87. The number of likely N-dealkylation sites (N-methyl/N-ethyl adjacent to an activating group) is 1. The van der Waals surface area contributed by atoms with Gasteiger partial charge in [-0.05, 0) is 43.1 Å². The van der Waals surface area contributed by atoms with Crippen LogP contribution in [0.2, 0.25) is 0 Å². The molecule has 2 aromatic carbocycles. The summed E-state index contributed by atoms with van der Waals surface area (Å²) < 4.78 is 5.72. The minimum absolute atomic E-state index is 0.517. The topological polar surface area (TPSA) is 81.3 Å². The first-order valence-corrected chi connectivity index (χ1v) is 13.0. The molecule has 3 heterocycles. The fourth-order valence-electron chi connectivity index (χ4n) is 4.32. The summed E-state index contributed by atoms with van der Waals surface area (Å²) in [5.41, 5.74) is 4.95. The summed E-state index contributed by atoms with van der Waals surface area (Å²) in [5.74, 6) is 2.04. The van der Waals surface area contributed by atoms with Crippen molar-refractivity contribution in [3.05, 3.63) is 60.3 Å². The number of hydrogen-bond donors (Lipinski definition) is 3. The Hall–Kier alpha value is -3.43. The molecule has 35 heavy (non-hydrogen) atoms. The summed E-state index contributed by atoms with van der Waals surface area (Å²) in [7, 11) is 3.86. The lowest BCUT2D eigenvalue weighted by atomic mass is 10.2. The molecule has 0 aliphatic carbocycles. The maximum Gasteiger partial charge on any atom is 0.229 e. The van der Waals surface area contributed by atoms with Gasteiger partial charge in [-0.1, -0.05) is 18.2 Å². The number of ether oxygens (including phenoxy) is 1. The van der Waals surface area contributed by atoms with E-state index >= 15 is 0 Å². The number of thioether (sulfide) groups is 1. The second kappa shape index (κ2) is 10.5. The summed E-state index contributed by atoms with van der Waals surface area (Å²) in [6.45, 7) is 4.81. The van der Waals surface area contributed by atoms with Crippen LogP contribution in [-0.2, 0) is 6.54 Å². The first-order valence-electron chi connectivity index (χ1n) is 11.7. The van der Waals surface area contributed by atoms with E-state index in [9.17, 15) is 0 Å². The Kier molecular flexibility index (Phi) is 6.96. The van der Waals surface area contributed by atoms with Crippen LogP contribution in [0.5, 0.6) is 5.75 Å². The smallest absolute Gasteiger partial charge is 0.229 e. The van der Waals surface area contributed by atoms with Crippen LogP contribution in [0.15, 0.2) is 59.6 Å². The molecular weight excluding hydrogens is 458 g/mol. The average Bonchev–Trinajstić information content (AvgIpc) is 3.37. The van der Waals surface area contributed by atoms with Gasteiger partial charge in [-0.25, -0.2) is 4.98 Å². The molecule has 3 N–H and O–H groups in total. The Balaban J connectivity index is 1.38. The van der Waals surface area contributed by atoms with Gasteiger partial charge in [0, 0.05) is 55.6 Å². The van der Waals surface area contributed by atoms with Crippen molar-refractivity contribution >= 4 is 45.9 Å². The second-order valence-corrected chi connectivity index (χ2v) is 9.45. The zero-order valence-corrected chi connectivity index (χ0v) is 21.2. The molecule has 0 bridgehead atoms. The highest BCUT2D eigenvalue weighted by Crippen LogP contribution is 2.33. The van der Waals surface area contributed by atoms with Gasteiger partial charge in [0.15, 0.2) is 5.82 Å². The van der Waals surface area contributed by atoms with E-state index in [4.69, 9.17) is 14.7 Å². The lowest BCUT2D eigenvalue weighted by Crippen LogP contribution is -2.44. The van der Waals surface area contributed by atoms with Gasteiger partial charge in [0.05, 0.1) is 18.3 Å². The average molecular weight is 490 g/mol. The molecule has 0 spiro atoms. The van der Waals surface area contributed by atoms with E-state index in [1.54, 1.807) is 18.9 Å². The van der Waals surface area contributed by atoms with Crippen LogP contribution in [0.1, 0.15) is 5.56 Å². The number of nitrogens with zero attached hydrogens (tertiary/aromatic N) is 4. The summed E-state index contributed by atoms with van der Waals surface area (Å²) >= 11 is 1.74. The molecule has 5 rings (SSSR count). The van der Waals surface area contributed by atoms with Gasteiger partial charge in [0.25, 0.3) is 0 Å². The maximum atomic E-state index is 5.72. The number of hydrogen-bond acceptors (Lipinski definition) is 8. The van der Waals surface area contributed by atoms with Crippen LogP contribution in [0.4, 0.5) is 23.1 Å². The molecule has 8 nitrogen and oxygen atoms in total. The zero-order valence-electron chi connectivity index (χ0n) is 20.3. The van der Waals surface area contributed by atoms with E-state index in [-0.39, 0.29) is 0 Å². The predicted molar refractivity (Wildman–Crippen MR) is 145 cm³/mol. The van der Waals surface area contributed by atoms with Gasteiger partial charge in [0.1, 0.15) is 11.3 Å². The van der Waals surface area contributed by atoms with E-state index in [1.807, 2.05) is 18.3 Å². The van der Waals surface area contributed by atoms with Crippen molar-refractivity contribution in [2.75, 3.05) is 62.1 Å². The molecule has 182 valence electrons. The van der Waals surface area contributed by atoms with Crippen LogP contribution in [0.25, 0.3) is 11.0 Å². The number of anilines is 4. The second-order valence-electron chi connectivity index (χ2n) is 8.60. The predicted octanol–water partition coefficient (Wildman–Crippen LogP) is 4.80. The zero-order chi connectivity index (χ0) is 24.2. The van der Waals surface area contributed by atoms with Crippen LogP contribution in [0.3, 0.4) is 0 Å². The molecule has 1 aliphatic heterocycles. The highest BCUT2D eigenvalue weighted by molar-refractivity contribution is 7.98. The molecule has 0 amide bonds. The van der Waals surface area contributed by atoms with Gasteiger partial charge in [-0.2, -0.15) is 4.98 Å². The maximum absolute atomic E-state index is 5.72. The van der Waals surface area contributed by atoms with Crippen molar-refractivity contribution in [3.63, 3.8) is 0 Å². The Morgan fingerprint density at radius 3 is 2.69 bits per heavy atom. The molecule has 9 heteroatoms. The minimum atomic E-state index is 0.517. The molecule has 4 aromatic rings. The molecule has 0 atom stereocenters. The third-order valence-electron chi connectivity index (χ3n) is 6.34. The fraction of sp³-hybridized carbons (Fsp3) is 0.308. The van der Waals surface area contributed by atoms with Gasteiger partial charge in [-0.3, -0.25) is 0 Å². The number of methoxy groups -OCH3 is 1. The first-order chi connectivity index (χ1) is 17.1. The minimum Gasteiger partial charge on any atom is -0.494 e. The van der Waals surface area contributed by atoms with Crippen molar-refractivity contribution in [2.24, 2.45) is 0 Å². The Bertz CT molecular complexity index is 1300. The number of piperazine rings is 1. The van der Waals surface area contributed by atoms with E-state index < -0.39 is 0 Å². The van der Waals surface area contributed by atoms with Gasteiger partial charge < -0.3 is 30.2 Å². The number of H-pyrrole nitrogens is 1. The highest BCUT2D eigenvalue weighted by atomic mass is 32.2. The van der Waals surface area contributed by atoms with Crippen LogP contribution in [-0.4, -0.2) is 66.4 Å². The number of fused-ring (bicyclic) bond motifs is 1. The number of benzene rings is 2. The number of aromatic nitrogens is 3. The summed E-state index contributed by atoms with van der Waals surface area (Å²) in [6.07, 6.45) is 3.98. The molecule has 0 radical (unpaired) electrons. The van der Waals surface area contributed by atoms with Gasteiger partial charge in [-0.15, -0.1) is 11.8 Å². The normalized spacial score (nSPS) is 14.3. The quantitative estimate of drug-likeness (QED) is 0.305. The van der Waals surface area contributed by atoms with Gasteiger partial charge in [0.2, 0.25) is 5.95 Å². The molecule has 1 fully saturated rings. The highest BCUT2D eigenvalue weighted by Gasteiger charge is 2.17. The summed E-state index contributed by atoms with van der Waals surface area (Å²) in [4.78, 5) is 18.8. The Morgan fingerprint density at radius 1 is 1.06 bits per heavy atom. The van der Waals surface area contributed by atoms with Crippen molar-refractivity contribution < 1.29 is 4.74 Å². The van der Waals surface area contributed by atoms with Crippen molar-refractivity contribution in [2.45, 2.75) is 11.4 Å². The number of nitrogens with one attached hydrogen (secondary N) is 3. The lowest BCUT2D eigenvalue weighted by molar-refractivity contribution is 0.312. The SMILES string of the molecule is COc1cc(N2CCN(C)CC2)ccc1Nc1nc(NCc2ccccc2SC)c2[nH]ccc2n1. The van der Waals surface area contributed by atoms with Crippen LogP contribution >= 0.6 is 11.8 Å². The Morgan fingerprint density at radius 2 is 1.89 bits per heavy atom. The standard InChI is InChI=1S/C26H31N7OS/c1-32-12-14-33(15-13-32)19-8-9-20(22(16-19)34-2)29-26-30-21-10-11-27-24(21)25(31-26)28-17-18-6-4-5-7-23(18)35-3/h4-11,16,27H,12-15,17H2,1-3H3,(H2,28,29,30,31). The van der Waals surface area contributed by atoms with Gasteiger partial charge >= 0.3 is 0 Å². The largest absolute Gasteiger partial charge is 0.494 e. The molecule has 1 aliphatic rings. The molecule has 0 unspecified atom stereocenters. The van der Waals surface area contributed by atoms with Crippen LogP contribution < -0.4 is 20.3 Å².